The number of nitrogens with one attached hydrogen (secondary N) is 1. The molecule has 0 spiro atoms. The Bertz CT molecular complexity index is 589. The van der Waals surface area contributed by atoms with Crippen molar-refractivity contribution in [3.8, 4) is 0 Å². The smallest absolute Gasteiger partial charge is 0.293 e. The van der Waals surface area contributed by atoms with Gasteiger partial charge in [-0.05, 0) is 24.6 Å². The molecule has 0 aliphatic rings. The fraction of sp³-hybridized carbons (Fsp3) is 0.231. The standard InChI is InChI=1S/C13H16N4O/c1-9(10-3-5-11(14)6-4-10)16-12-13(18)17(2)8-7-15-12/h3-9H,14H2,1-2H3,(H,15,16). The number of benzene rings is 1. The van der Waals surface area contributed by atoms with Gasteiger partial charge in [0.15, 0.2) is 5.82 Å². The van der Waals surface area contributed by atoms with Gasteiger partial charge in [-0.2, -0.15) is 0 Å². The van der Waals surface area contributed by atoms with Gasteiger partial charge in [0, 0.05) is 25.1 Å². The summed E-state index contributed by atoms with van der Waals surface area (Å²) in [6.07, 6.45) is 3.22. The first-order chi connectivity index (χ1) is 8.58. The monoisotopic (exact) mass is 244 g/mol. The third-order valence-electron chi connectivity index (χ3n) is 2.81. The van der Waals surface area contributed by atoms with Crippen molar-refractivity contribution in [2.24, 2.45) is 7.05 Å². The van der Waals surface area contributed by atoms with Gasteiger partial charge in [0.25, 0.3) is 5.56 Å². The minimum absolute atomic E-state index is 0.00630. The summed E-state index contributed by atoms with van der Waals surface area (Å²) in [6.45, 7) is 1.97. The Kier molecular flexibility index (Phi) is 3.32. The Hall–Kier alpha value is -2.30. The van der Waals surface area contributed by atoms with E-state index in [1.807, 2.05) is 31.2 Å². The third kappa shape index (κ3) is 2.51. The Morgan fingerprint density at radius 2 is 2.00 bits per heavy atom. The van der Waals surface area contributed by atoms with Crippen molar-refractivity contribution in [3.05, 3.63) is 52.6 Å². The topological polar surface area (TPSA) is 72.9 Å². The Labute approximate surface area is 105 Å². The van der Waals surface area contributed by atoms with E-state index in [1.54, 1.807) is 19.4 Å². The number of nitrogen functional groups attached to an aromatic ring is 1. The second-order valence-corrected chi connectivity index (χ2v) is 4.22. The summed E-state index contributed by atoms with van der Waals surface area (Å²) in [7, 11) is 1.70. The number of rotatable bonds is 3. The summed E-state index contributed by atoms with van der Waals surface area (Å²) in [5.74, 6) is 0.351. The zero-order valence-corrected chi connectivity index (χ0v) is 10.4. The minimum atomic E-state index is -0.139. The molecule has 5 heteroatoms. The average Bonchev–Trinajstić information content (AvgIpc) is 2.36. The number of hydrogen-bond donors (Lipinski definition) is 2. The molecule has 3 N–H and O–H groups in total. The van der Waals surface area contributed by atoms with E-state index in [1.165, 1.54) is 4.57 Å². The summed E-state index contributed by atoms with van der Waals surface area (Å²) in [5.41, 5.74) is 7.27. The Morgan fingerprint density at radius 3 is 2.67 bits per heavy atom. The molecule has 0 saturated carbocycles. The maximum Gasteiger partial charge on any atom is 0.293 e. The van der Waals surface area contributed by atoms with Gasteiger partial charge in [-0.3, -0.25) is 4.79 Å². The molecule has 0 aliphatic carbocycles. The van der Waals surface area contributed by atoms with E-state index >= 15 is 0 Å². The van der Waals surface area contributed by atoms with Crippen LogP contribution in [0, 0.1) is 0 Å². The molecule has 1 aromatic carbocycles. The number of nitrogens with two attached hydrogens (primary N) is 1. The lowest BCUT2D eigenvalue weighted by Gasteiger charge is -2.14. The van der Waals surface area contributed by atoms with Crippen LogP contribution in [-0.2, 0) is 7.05 Å². The first-order valence-corrected chi connectivity index (χ1v) is 5.71. The van der Waals surface area contributed by atoms with Crippen LogP contribution in [0.2, 0.25) is 0 Å². The summed E-state index contributed by atoms with van der Waals surface area (Å²) >= 11 is 0. The van der Waals surface area contributed by atoms with Gasteiger partial charge in [0.05, 0.1) is 6.04 Å². The lowest BCUT2D eigenvalue weighted by atomic mass is 10.1. The van der Waals surface area contributed by atoms with E-state index in [4.69, 9.17) is 5.73 Å². The van der Waals surface area contributed by atoms with Gasteiger partial charge in [-0.25, -0.2) is 4.98 Å². The van der Waals surface area contributed by atoms with Crippen molar-refractivity contribution < 1.29 is 0 Å². The summed E-state index contributed by atoms with van der Waals surface area (Å²) in [6, 6.07) is 7.53. The molecule has 0 amide bonds. The van der Waals surface area contributed by atoms with Crippen LogP contribution in [0.4, 0.5) is 11.5 Å². The maximum atomic E-state index is 11.8. The van der Waals surface area contributed by atoms with Crippen molar-refractivity contribution >= 4 is 11.5 Å². The number of hydrogen-bond acceptors (Lipinski definition) is 4. The molecule has 0 aliphatic heterocycles. The van der Waals surface area contributed by atoms with Crippen LogP contribution < -0.4 is 16.6 Å². The van der Waals surface area contributed by atoms with Gasteiger partial charge in [0.2, 0.25) is 0 Å². The maximum absolute atomic E-state index is 11.8. The van der Waals surface area contributed by atoms with Crippen molar-refractivity contribution in [3.63, 3.8) is 0 Å². The molecular formula is C13H16N4O. The van der Waals surface area contributed by atoms with Crippen LogP contribution in [0.5, 0.6) is 0 Å². The molecule has 1 heterocycles. The number of anilines is 2. The van der Waals surface area contributed by atoms with Crippen LogP contribution >= 0.6 is 0 Å². The van der Waals surface area contributed by atoms with E-state index in [-0.39, 0.29) is 11.6 Å². The van der Waals surface area contributed by atoms with Crippen LogP contribution in [0.15, 0.2) is 41.5 Å². The first-order valence-electron chi connectivity index (χ1n) is 5.71. The van der Waals surface area contributed by atoms with Crippen LogP contribution in [0.3, 0.4) is 0 Å². The fourth-order valence-corrected chi connectivity index (χ4v) is 1.67. The molecule has 18 heavy (non-hydrogen) atoms. The lowest BCUT2D eigenvalue weighted by molar-refractivity contribution is 0.813. The number of nitrogens with zero attached hydrogens (tertiary/aromatic N) is 2. The molecule has 2 aromatic rings. The predicted molar refractivity (Wildman–Crippen MR) is 72.4 cm³/mol. The summed E-state index contributed by atoms with van der Waals surface area (Å²) in [4.78, 5) is 15.9. The lowest BCUT2D eigenvalue weighted by Crippen LogP contribution is -2.23. The summed E-state index contributed by atoms with van der Waals surface area (Å²) in [5, 5.41) is 3.10. The molecule has 0 saturated heterocycles. The SMILES string of the molecule is CC(Nc1nccn(C)c1=O)c1ccc(N)cc1. The average molecular weight is 244 g/mol. The van der Waals surface area contributed by atoms with Gasteiger partial charge < -0.3 is 15.6 Å². The second kappa shape index (κ2) is 4.91. The molecule has 5 nitrogen and oxygen atoms in total. The van der Waals surface area contributed by atoms with E-state index in [2.05, 4.69) is 10.3 Å². The highest BCUT2D eigenvalue weighted by Crippen LogP contribution is 2.17. The molecule has 0 fully saturated rings. The second-order valence-electron chi connectivity index (χ2n) is 4.22. The van der Waals surface area contributed by atoms with Crippen LogP contribution in [0.25, 0.3) is 0 Å². The molecule has 1 unspecified atom stereocenters. The largest absolute Gasteiger partial charge is 0.399 e. The van der Waals surface area contributed by atoms with E-state index in [9.17, 15) is 4.79 Å². The number of aromatic nitrogens is 2. The Morgan fingerprint density at radius 1 is 1.33 bits per heavy atom. The highest BCUT2D eigenvalue weighted by atomic mass is 16.1. The minimum Gasteiger partial charge on any atom is -0.399 e. The normalized spacial score (nSPS) is 12.1. The quantitative estimate of drug-likeness (QED) is 0.803. The van der Waals surface area contributed by atoms with E-state index < -0.39 is 0 Å². The van der Waals surface area contributed by atoms with Crippen molar-refractivity contribution in [2.75, 3.05) is 11.1 Å². The zero-order chi connectivity index (χ0) is 13.1. The highest BCUT2D eigenvalue weighted by Gasteiger charge is 2.08. The van der Waals surface area contributed by atoms with Crippen LogP contribution in [-0.4, -0.2) is 9.55 Å². The fourth-order valence-electron chi connectivity index (χ4n) is 1.67. The zero-order valence-electron chi connectivity index (χ0n) is 10.4. The molecule has 1 atom stereocenters. The van der Waals surface area contributed by atoms with Gasteiger partial charge in [-0.1, -0.05) is 12.1 Å². The molecule has 0 radical (unpaired) electrons. The van der Waals surface area contributed by atoms with E-state index in [0.29, 0.717) is 5.82 Å². The number of aryl methyl sites for hydroxylation is 1. The van der Waals surface area contributed by atoms with Gasteiger partial charge in [0.1, 0.15) is 0 Å². The predicted octanol–water partition coefficient (Wildman–Crippen LogP) is 1.54. The summed E-state index contributed by atoms with van der Waals surface area (Å²) < 4.78 is 1.49. The van der Waals surface area contributed by atoms with Crippen molar-refractivity contribution in [2.45, 2.75) is 13.0 Å². The molecule has 2 rings (SSSR count). The molecule has 1 aromatic heterocycles. The van der Waals surface area contributed by atoms with Crippen molar-refractivity contribution in [1.82, 2.24) is 9.55 Å². The van der Waals surface area contributed by atoms with E-state index in [0.717, 1.165) is 11.3 Å². The first kappa shape index (κ1) is 12.2. The Balaban J connectivity index is 2.21. The van der Waals surface area contributed by atoms with Crippen LogP contribution in [0.1, 0.15) is 18.5 Å². The van der Waals surface area contributed by atoms with Crippen molar-refractivity contribution in [1.29, 1.82) is 0 Å². The van der Waals surface area contributed by atoms with Gasteiger partial charge >= 0.3 is 0 Å². The molecule has 94 valence electrons. The molecular weight excluding hydrogens is 228 g/mol. The van der Waals surface area contributed by atoms with Gasteiger partial charge in [-0.15, -0.1) is 0 Å². The third-order valence-corrected chi connectivity index (χ3v) is 2.81. The highest BCUT2D eigenvalue weighted by molar-refractivity contribution is 5.42. The molecule has 0 bridgehead atoms.